The minimum Gasteiger partial charge on any atom is -0.326 e. The van der Waals surface area contributed by atoms with Gasteiger partial charge in [0.05, 0.1) is 0 Å². The SMILES string of the molecule is CCc1scc(CN)c1C1CC1. The Labute approximate surface area is 77.6 Å². The summed E-state index contributed by atoms with van der Waals surface area (Å²) in [6, 6.07) is 0. The lowest BCUT2D eigenvalue weighted by Crippen LogP contribution is -1.98. The molecule has 0 aromatic carbocycles. The minimum atomic E-state index is 0.725. The molecule has 2 N–H and O–H groups in total. The van der Waals surface area contributed by atoms with Crippen molar-refractivity contribution in [3.05, 3.63) is 21.4 Å². The van der Waals surface area contributed by atoms with Gasteiger partial charge in [0.2, 0.25) is 0 Å². The zero-order valence-electron chi connectivity index (χ0n) is 7.47. The van der Waals surface area contributed by atoms with Crippen molar-refractivity contribution in [1.29, 1.82) is 0 Å². The van der Waals surface area contributed by atoms with E-state index in [1.54, 1.807) is 10.4 Å². The van der Waals surface area contributed by atoms with Gasteiger partial charge in [-0.05, 0) is 41.7 Å². The lowest BCUT2D eigenvalue weighted by Gasteiger charge is -2.01. The van der Waals surface area contributed by atoms with Crippen LogP contribution in [0.2, 0.25) is 0 Å². The predicted molar refractivity (Wildman–Crippen MR) is 53.6 cm³/mol. The van der Waals surface area contributed by atoms with E-state index in [-0.39, 0.29) is 0 Å². The molecule has 2 heteroatoms. The highest BCUT2D eigenvalue weighted by Crippen LogP contribution is 2.45. The zero-order valence-corrected chi connectivity index (χ0v) is 8.29. The maximum atomic E-state index is 5.69. The molecule has 0 aliphatic heterocycles. The summed E-state index contributed by atoms with van der Waals surface area (Å²) in [4.78, 5) is 1.57. The van der Waals surface area contributed by atoms with Crippen molar-refractivity contribution in [2.75, 3.05) is 0 Å². The van der Waals surface area contributed by atoms with Crippen molar-refractivity contribution in [1.82, 2.24) is 0 Å². The predicted octanol–water partition coefficient (Wildman–Crippen LogP) is 2.65. The van der Waals surface area contributed by atoms with E-state index in [4.69, 9.17) is 5.73 Å². The normalized spacial score (nSPS) is 16.8. The summed E-state index contributed by atoms with van der Waals surface area (Å²) in [5.41, 5.74) is 8.69. The van der Waals surface area contributed by atoms with Gasteiger partial charge in [0.1, 0.15) is 0 Å². The maximum Gasteiger partial charge on any atom is 0.0189 e. The fourth-order valence-electron chi connectivity index (χ4n) is 1.74. The Morgan fingerprint density at radius 3 is 2.83 bits per heavy atom. The van der Waals surface area contributed by atoms with E-state index in [0.717, 1.165) is 12.5 Å². The minimum absolute atomic E-state index is 0.725. The van der Waals surface area contributed by atoms with Crippen LogP contribution in [-0.2, 0) is 13.0 Å². The second kappa shape index (κ2) is 3.19. The first-order chi connectivity index (χ1) is 5.86. The van der Waals surface area contributed by atoms with Gasteiger partial charge in [-0.2, -0.15) is 0 Å². The quantitative estimate of drug-likeness (QED) is 0.762. The van der Waals surface area contributed by atoms with Crippen LogP contribution in [0.3, 0.4) is 0 Å². The molecule has 1 aliphatic rings. The van der Waals surface area contributed by atoms with Gasteiger partial charge in [0.25, 0.3) is 0 Å². The van der Waals surface area contributed by atoms with Crippen LogP contribution in [0.5, 0.6) is 0 Å². The standard InChI is InChI=1S/C10H15NS/c1-2-9-10(7-3-4-7)8(5-11)6-12-9/h6-7H,2-5,11H2,1H3. The molecule has 1 aromatic heterocycles. The Morgan fingerprint density at radius 2 is 2.33 bits per heavy atom. The largest absolute Gasteiger partial charge is 0.326 e. The second-order valence-electron chi connectivity index (χ2n) is 3.43. The second-order valence-corrected chi connectivity index (χ2v) is 4.39. The topological polar surface area (TPSA) is 26.0 Å². The van der Waals surface area contributed by atoms with E-state index >= 15 is 0 Å². The highest BCUT2D eigenvalue weighted by molar-refractivity contribution is 7.10. The van der Waals surface area contributed by atoms with Crippen molar-refractivity contribution in [3.63, 3.8) is 0 Å². The fraction of sp³-hybridized carbons (Fsp3) is 0.600. The third-order valence-electron chi connectivity index (χ3n) is 2.52. The Hall–Kier alpha value is -0.340. The van der Waals surface area contributed by atoms with Crippen LogP contribution >= 0.6 is 11.3 Å². The molecule has 12 heavy (non-hydrogen) atoms. The molecule has 66 valence electrons. The smallest absolute Gasteiger partial charge is 0.0189 e. The highest BCUT2D eigenvalue weighted by atomic mass is 32.1. The molecule has 0 saturated heterocycles. The van der Waals surface area contributed by atoms with Crippen molar-refractivity contribution >= 4 is 11.3 Å². The van der Waals surface area contributed by atoms with Crippen LogP contribution < -0.4 is 5.73 Å². The van der Waals surface area contributed by atoms with Gasteiger partial charge in [-0.25, -0.2) is 0 Å². The number of aryl methyl sites for hydroxylation is 1. The third kappa shape index (κ3) is 1.29. The van der Waals surface area contributed by atoms with Crippen molar-refractivity contribution in [2.24, 2.45) is 5.73 Å². The highest BCUT2D eigenvalue weighted by Gasteiger charge is 2.28. The molecule has 0 spiro atoms. The van der Waals surface area contributed by atoms with E-state index in [0.29, 0.717) is 0 Å². The molecular weight excluding hydrogens is 166 g/mol. The molecular formula is C10H15NS. The summed E-state index contributed by atoms with van der Waals surface area (Å²) in [5, 5.41) is 2.24. The number of nitrogens with two attached hydrogens (primary N) is 1. The first kappa shape index (κ1) is 8.27. The van der Waals surface area contributed by atoms with Gasteiger partial charge in [-0.3, -0.25) is 0 Å². The monoisotopic (exact) mass is 181 g/mol. The van der Waals surface area contributed by atoms with Crippen LogP contribution in [0.1, 0.15) is 41.7 Å². The molecule has 1 aromatic rings. The molecule has 1 fully saturated rings. The van der Waals surface area contributed by atoms with Crippen molar-refractivity contribution in [3.8, 4) is 0 Å². The summed E-state index contributed by atoms with van der Waals surface area (Å²) in [7, 11) is 0. The lowest BCUT2D eigenvalue weighted by molar-refractivity contribution is 0.984. The fourth-order valence-corrected chi connectivity index (χ4v) is 2.84. The Balaban J connectivity index is 2.36. The van der Waals surface area contributed by atoms with Gasteiger partial charge < -0.3 is 5.73 Å². The van der Waals surface area contributed by atoms with Gasteiger partial charge >= 0.3 is 0 Å². The molecule has 0 amide bonds. The van der Waals surface area contributed by atoms with Crippen LogP contribution in [-0.4, -0.2) is 0 Å². The first-order valence-electron chi connectivity index (χ1n) is 4.66. The molecule has 0 atom stereocenters. The molecule has 0 bridgehead atoms. The Kier molecular flexibility index (Phi) is 2.20. The number of thiophene rings is 1. The number of hydrogen-bond donors (Lipinski definition) is 1. The van der Waals surface area contributed by atoms with E-state index in [1.807, 2.05) is 11.3 Å². The van der Waals surface area contributed by atoms with Crippen LogP contribution in [0.25, 0.3) is 0 Å². The molecule has 1 heterocycles. The Morgan fingerprint density at radius 1 is 1.58 bits per heavy atom. The van der Waals surface area contributed by atoms with E-state index < -0.39 is 0 Å². The van der Waals surface area contributed by atoms with Gasteiger partial charge in [-0.1, -0.05) is 6.92 Å². The zero-order chi connectivity index (χ0) is 8.55. The van der Waals surface area contributed by atoms with E-state index in [2.05, 4.69) is 12.3 Å². The van der Waals surface area contributed by atoms with E-state index in [9.17, 15) is 0 Å². The molecule has 0 radical (unpaired) electrons. The molecule has 0 unspecified atom stereocenters. The van der Waals surface area contributed by atoms with Gasteiger partial charge in [-0.15, -0.1) is 11.3 Å². The van der Waals surface area contributed by atoms with Gasteiger partial charge in [0, 0.05) is 11.4 Å². The molecule has 2 rings (SSSR count). The average molecular weight is 181 g/mol. The van der Waals surface area contributed by atoms with Crippen LogP contribution in [0.15, 0.2) is 5.38 Å². The lowest BCUT2D eigenvalue weighted by atomic mass is 10.1. The Bertz CT molecular complexity index is 252. The number of rotatable bonds is 3. The molecule has 1 saturated carbocycles. The van der Waals surface area contributed by atoms with Gasteiger partial charge in [0.15, 0.2) is 0 Å². The van der Waals surface area contributed by atoms with Crippen molar-refractivity contribution in [2.45, 2.75) is 38.6 Å². The summed E-state index contributed by atoms with van der Waals surface area (Å²) in [5.74, 6) is 0.866. The first-order valence-corrected chi connectivity index (χ1v) is 5.54. The summed E-state index contributed by atoms with van der Waals surface area (Å²) in [6.07, 6.45) is 3.95. The van der Waals surface area contributed by atoms with Crippen molar-refractivity contribution < 1.29 is 0 Å². The average Bonchev–Trinajstić information content (AvgIpc) is 2.85. The number of hydrogen-bond acceptors (Lipinski definition) is 2. The summed E-state index contributed by atoms with van der Waals surface area (Å²) >= 11 is 1.89. The molecule has 1 nitrogen and oxygen atoms in total. The van der Waals surface area contributed by atoms with E-state index in [1.165, 1.54) is 24.8 Å². The third-order valence-corrected chi connectivity index (χ3v) is 3.71. The summed E-state index contributed by atoms with van der Waals surface area (Å²) in [6.45, 7) is 2.96. The molecule has 1 aliphatic carbocycles. The van der Waals surface area contributed by atoms with Crippen LogP contribution in [0, 0.1) is 0 Å². The van der Waals surface area contributed by atoms with Crippen LogP contribution in [0.4, 0.5) is 0 Å². The summed E-state index contributed by atoms with van der Waals surface area (Å²) < 4.78 is 0. The maximum absolute atomic E-state index is 5.69.